The second-order valence-electron chi connectivity index (χ2n) is 9.43. The van der Waals surface area contributed by atoms with Gasteiger partial charge in [0.15, 0.2) is 0 Å². The van der Waals surface area contributed by atoms with Gasteiger partial charge in [-0.05, 0) is 29.4 Å². The predicted molar refractivity (Wildman–Crippen MR) is 117 cm³/mol. The van der Waals surface area contributed by atoms with Crippen molar-refractivity contribution in [2.24, 2.45) is 10.8 Å². The summed E-state index contributed by atoms with van der Waals surface area (Å²) in [5.74, 6) is 1.50. The summed E-state index contributed by atoms with van der Waals surface area (Å²) in [5, 5.41) is 9.46. The molecule has 0 bridgehead atoms. The monoisotopic (exact) mass is 401 g/mol. The van der Waals surface area contributed by atoms with Crippen LogP contribution in [0.15, 0.2) is 83.1 Å². The fourth-order valence-electron chi connectivity index (χ4n) is 3.07. The van der Waals surface area contributed by atoms with Crippen molar-refractivity contribution < 1.29 is 14.3 Å². The molecule has 2 aliphatic heterocycles. The summed E-state index contributed by atoms with van der Waals surface area (Å²) < 4.78 is 11.6. The molecule has 0 aliphatic carbocycles. The zero-order chi connectivity index (χ0) is 22.1. The molecule has 3 rings (SSSR count). The molecule has 1 aromatic carbocycles. The van der Waals surface area contributed by atoms with Gasteiger partial charge in [-0.15, -0.1) is 0 Å². The molecule has 0 saturated heterocycles. The first kappa shape index (κ1) is 21.4. The number of hydrogen-bond donors (Lipinski definition) is 0. The number of allylic oxidation sites excluding steroid dienone is 8. The maximum atomic E-state index is 12.2. The van der Waals surface area contributed by atoms with Gasteiger partial charge in [0, 0.05) is 16.4 Å². The molecular formula is C26H27NO3. The molecule has 0 amide bonds. The first-order valence-corrected chi connectivity index (χ1v) is 9.97. The Morgan fingerprint density at radius 3 is 1.93 bits per heavy atom. The van der Waals surface area contributed by atoms with Crippen molar-refractivity contribution in [3.8, 4) is 6.07 Å². The molecule has 0 spiro atoms. The van der Waals surface area contributed by atoms with E-state index in [-0.39, 0.29) is 16.4 Å². The minimum absolute atomic E-state index is 0.0228. The first-order chi connectivity index (χ1) is 14.0. The molecule has 0 saturated carbocycles. The number of hydrogen-bond acceptors (Lipinski definition) is 4. The highest BCUT2D eigenvalue weighted by Gasteiger charge is 2.31. The van der Waals surface area contributed by atoms with Crippen molar-refractivity contribution >= 4 is 11.5 Å². The number of benzene rings is 1. The predicted octanol–water partition coefficient (Wildman–Crippen LogP) is 6.22. The van der Waals surface area contributed by atoms with Crippen molar-refractivity contribution in [1.29, 1.82) is 5.26 Å². The molecule has 4 heteroatoms. The van der Waals surface area contributed by atoms with Crippen LogP contribution in [0.25, 0.3) is 5.57 Å². The standard InChI is InChI=1S/C26H27NO3/c1-25(2,3)21-14-17(15-22(30-21)26(4,5)6)12-13-20-23(18-10-8-7-9-11-18)19(16-27)24(28)29-20/h7-15H,1-6H3/b20-13-. The summed E-state index contributed by atoms with van der Waals surface area (Å²) in [6.07, 6.45) is 7.64. The van der Waals surface area contributed by atoms with Crippen molar-refractivity contribution in [1.82, 2.24) is 0 Å². The summed E-state index contributed by atoms with van der Waals surface area (Å²) >= 11 is 0. The average Bonchev–Trinajstić information content (AvgIpc) is 3.00. The summed E-state index contributed by atoms with van der Waals surface area (Å²) in [7, 11) is 0. The van der Waals surface area contributed by atoms with Crippen LogP contribution in [-0.2, 0) is 14.3 Å². The van der Waals surface area contributed by atoms with Crippen LogP contribution in [-0.4, -0.2) is 5.97 Å². The van der Waals surface area contributed by atoms with Crippen LogP contribution in [0.2, 0.25) is 0 Å². The van der Waals surface area contributed by atoms with Crippen molar-refractivity contribution in [3.63, 3.8) is 0 Å². The number of carbonyl (C=O) groups excluding carboxylic acids is 1. The van der Waals surface area contributed by atoms with E-state index in [0.717, 1.165) is 22.7 Å². The third kappa shape index (κ3) is 4.46. The first-order valence-electron chi connectivity index (χ1n) is 9.97. The average molecular weight is 402 g/mol. The SMILES string of the molecule is CC(C)(C)C1=CC(=C/C=C2\OC(=O)C(C#N)=C2c2ccccc2)C=C(C(C)(C)C)O1. The highest BCUT2D eigenvalue weighted by Crippen LogP contribution is 2.39. The highest BCUT2D eigenvalue weighted by molar-refractivity contribution is 6.10. The van der Waals surface area contributed by atoms with Gasteiger partial charge in [-0.25, -0.2) is 4.79 Å². The second-order valence-corrected chi connectivity index (χ2v) is 9.43. The number of rotatable bonds is 2. The number of carbonyl (C=O) groups is 1. The second kappa shape index (κ2) is 7.84. The van der Waals surface area contributed by atoms with E-state index in [1.807, 2.05) is 54.6 Å². The Labute approximate surface area is 178 Å². The minimum Gasteiger partial charge on any atom is -0.465 e. The lowest BCUT2D eigenvalue weighted by molar-refractivity contribution is -0.132. The number of ether oxygens (including phenoxy) is 2. The molecule has 0 N–H and O–H groups in total. The molecule has 154 valence electrons. The lowest BCUT2D eigenvalue weighted by Gasteiger charge is -2.32. The lowest BCUT2D eigenvalue weighted by atomic mass is 9.87. The number of nitriles is 1. The van der Waals surface area contributed by atoms with E-state index in [1.165, 1.54) is 0 Å². The molecule has 0 unspecified atom stereocenters. The number of nitrogens with zero attached hydrogens (tertiary/aromatic N) is 1. The van der Waals surface area contributed by atoms with Gasteiger partial charge in [0.05, 0.1) is 0 Å². The van der Waals surface area contributed by atoms with Gasteiger partial charge in [0.1, 0.15) is 28.9 Å². The highest BCUT2D eigenvalue weighted by atomic mass is 16.5. The molecule has 0 atom stereocenters. The summed E-state index contributed by atoms with van der Waals surface area (Å²) in [5.41, 5.74) is 1.95. The number of esters is 1. The molecule has 0 radical (unpaired) electrons. The quantitative estimate of drug-likeness (QED) is 0.552. The fourth-order valence-corrected chi connectivity index (χ4v) is 3.07. The van der Waals surface area contributed by atoms with E-state index in [4.69, 9.17) is 9.47 Å². The lowest BCUT2D eigenvalue weighted by Crippen LogP contribution is -2.21. The largest absolute Gasteiger partial charge is 0.465 e. The zero-order valence-electron chi connectivity index (χ0n) is 18.4. The van der Waals surface area contributed by atoms with Crippen LogP contribution < -0.4 is 0 Å². The van der Waals surface area contributed by atoms with E-state index >= 15 is 0 Å². The Kier molecular flexibility index (Phi) is 5.59. The van der Waals surface area contributed by atoms with Crippen molar-refractivity contribution in [2.75, 3.05) is 0 Å². The Balaban J connectivity index is 2.09. The van der Waals surface area contributed by atoms with E-state index in [0.29, 0.717) is 11.3 Å². The molecule has 0 aromatic heterocycles. The third-order valence-corrected chi connectivity index (χ3v) is 4.80. The Morgan fingerprint density at radius 1 is 0.867 bits per heavy atom. The van der Waals surface area contributed by atoms with Crippen LogP contribution >= 0.6 is 0 Å². The molecule has 2 heterocycles. The summed E-state index contributed by atoms with van der Waals surface area (Å²) in [6, 6.07) is 11.3. The molecular weight excluding hydrogens is 374 g/mol. The van der Waals surface area contributed by atoms with E-state index in [1.54, 1.807) is 6.08 Å². The smallest absolute Gasteiger partial charge is 0.355 e. The van der Waals surface area contributed by atoms with Gasteiger partial charge in [0.2, 0.25) is 0 Å². The van der Waals surface area contributed by atoms with Crippen LogP contribution in [0.4, 0.5) is 0 Å². The van der Waals surface area contributed by atoms with Gasteiger partial charge in [-0.2, -0.15) is 5.26 Å². The van der Waals surface area contributed by atoms with E-state index < -0.39 is 5.97 Å². The summed E-state index contributed by atoms with van der Waals surface area (Å²) in [6.45, 7) is 12.6. The topological polar surface area (TPSA) is 59.3 Å². The van der Waals surface area contributed by atoms with Gasteiger partial charge < -0.3 is 9.47 Å². The van der Waals surface area contributed by atoms with E-state index in [2.05, 4.69) is 41.5 Å². The molecule has 0 fully saturated rings. The Bertz CT molecular complexity index is 1030. The minimum atomic E-state index is -0.621. The van der Waals surface area contributed by atoms with Gasteiger partial charge in [-0.3, -0.25) is 0 Å². The summed E-state index contributed by atoms with van der Waals surface area (Å²) in [4.78, 5) is 12.2. The van der Waals surface area contributed by atoms with Gasteiger partial charge >= 0.3 is 5.97 Å². The maximum Gasteiger partial charge on any atom is 0.355 e. The Hall–Kier alpha value is -3.32. The fraction of sp³-hybridized carbons (Fsp3) is 0.308. The van der Waals surface area contributed by atoms with Gasteiger partial charge in [-0.1, -0.05) is 78.0 Å². The van der Waals surface area contributed by atoms with Crippen LogP contribution in [0.1, 0.15) is 47.1 Å². The normalized spacial score (nSPS) is 18.5. The van der Waals surface area contributed by atoms with Crippen LogP contribution in [0.5, 0.6) is 0 Å². The van der Waals surface area contributed by atoms with Crippen LogP contribution in [0.3, 0.4) is 0 Å². The van der Waals surface area contributed by atoms with E-state index in [9.17, 15) is 10.1 Å². The molecule has 2 aliphatic rings. The van der Waals surface area contributed by atoms with Crippen molar-refractivity contribution in [2.45, 2.75) is 41.5 Å². The molecule has 4 nitrogen and oxygen atoms in total. The maximum absolute atomic E-state index is 12.2. The molecule has 30 heavy (non-hydrogen) atoms. The van der Waals surface area contributed by atoms with Crippen molar-refractivity contribution in [3.05, 3.63) is 88.6 Å². The third-order valence-electron chi connectivity index (χ3n) is 4.80. The zero-order valence-corrected chi connectivity index (χ0v) is 18.4. The number of cyclic esters (lactones) is 1. The van der Waals surface area contributed by atoms with Crippen LogP contribution in [0, 0.1) is 22.2 Å². The Morgan fingerprint density at radius 2 is 1.43 bits per heavy atom. The molecule has 1 aromatic rings. The van der Waals surface area contributed by atoms with Gasteiger partial charge in [0.25, 0.3) is 0 Å².